The Kier molecular flexibility index (Phi) is 7.19. The summed E-state index contributed by atoms with van der Waals surface area (Å²) in [5, 5.41) is 20.4. The molecular formula is C29H32FN9O3. The summed E-state index contributed by atoms with van der Waals surface area (Å²) in [6.07, 6.45) is 6.61. The first-order valence-electron chi connectivity index (χ1n) is 13.9. The van der Waals surface area contributed by atoms with Crippen LogP contribution in [0.5, 0.6) is 0 Å². The minimum atomic E-state index is -0.987. The maximum Gasteiger partial charge on any atom is 0.252 e. The Morgan fingerprint density at radius 1 is 1.21 bits per heavy atom. The van der Waals surface area contributed by atoms with Gasteiger partial charge < -0.3 is 20.7 Å². The maximum atomic E-state index is 13.6. The van der Waals surface area contributed by atoms with Crippen molar-refractivity contribution in [1.82, 2.24) is 35.3 Å². The molecule has 5 heterocycles. The molecule has 218 valence electrons. The molecule has 1 fully saturated rings. The van der Waals surface area contributed by atoms with Gasteiger partial charge in [-0.2, -0.15) is 10.2 Å². The minimum absolute atomic E-state index is 0.0391. The predicted molar refractivity (Wildman–Crippen MR) is 152 cm³/mol. The second kappa shape index (κ2) is 11.0. The van der Waals surface area contributed by atoms with Crippen molar-refractivity contribution in [1.29, 1.82) is 0 Å². The van der Waals surface area contributed by atoms with Gasteiger partial charge in [-0.25, -0.2) is 19.0 Å². The van der Waals surface area contributed by atoms with Crippen molar-refractivity contribution in [3.63, 3.8) is 0 Å². The van der Waals surface area contributed by atoms with Gasteiger partial charge in [0.25, 0.3) is 5.91 Å². The summed E-state index contributed by atoms with van der Waals surface area (Å²) >= 11 is 0. The number of H-pyrrole nitrogens is 1. The molecule has 4 aromatic heterocycles. The molecule has 0 aromatic carbocycles. The van der Waals surface area contributed by atoms with Crippen molar-refractivity contribution in [2.45, 2.75) is 63.5 Å². The summed E-state index contributed by atoms with van der Waals surface area (Å²) in [5.74, 6) is 1.09. The van der Waals surface area contributed by atoms with Crippen LogP contribution < -0.4 is 16.0 Å². The molecular weight excluding hydrogens is 541 g/mol. The van der Waals surface area contributed by atoms with Crippen LogP contribution in [0, 0.1) is 12.7 Å². The van der Waals surface area contributed by atoms with E-state index in [1.807, 2.05) is 32.0 Å². The first kappa shape index (κ1) is 27.5. The van der Waals surface area contributed by atoms with E-state index >= 15 is 0 Å². The van der Waals surface area contributed by atoms with E-state index in [0.29, 0.717) is 49.6 Å². The number of nitrogens with one attached hydrogen (secondary N) is 4. The zero-order valence-corrected chi connectivity index (χ0v) is 23.6. The molecule has 1 atom stereocenters. The van der Waals surface area contributed by atoms with E-state index in [-0.39, 0.29) is 23.8 Å². The number of carbonyl (C=O) groups is 2. The third-order valence-electron chi connectivity index (χ3n) is 8.10. The fourth-order valence-electron chi connectivity index (χ4n) is 5.74. The van der Waals surface area contributed by atoms with E-state index in [9.17, 15) is 14.0 Å². The van der Waals surface area contributed by atoms with E-state index in [4.69, 9.17) is 9.72 Å². The molecule has 12 nitrogen and oxygen atoms in total. The molecule has 2 aliphatic rings. The van der Waals surface area contributed by atoms with Crippen LogP contribution in [0.4, 0.5) is 21.7 Å². The van der Waals surface area contributed by atoms with Crippen LogP contribution in [0.25, 0.3) is 5.82 Å². The number of carbonyl (C=O) groups excluding carboxylic acids is 2. The lowest BCUT2D eigenvalue weighted by atomic mass is 9.76. The normalized spacial score (nSPS) is 20.6. The molecule has 0 saturated heterocycles. The highest BCUT2D eigenvalue weighted by atomic mass is 19.1. The van der Waals surface area contributed by atoms with Crippen molar-refractivity contribution < 1.29 is 18.7 Å². The van der Waals surface area contributed by atoms with Gasteiger partial charge in [-0.1, -0.05) is 6.07 Å². The quantitative estimate of drug-likeness (QED) is 0.247. The van der Waals surface area contributed by atoms with E-state index in [1.165, 1.54) is 10.9 Å². The molecule has 2 amide bonds. The molecule has 4 aromatic rings. The Balaban J connectivity index is 1.14. The van der Waals surface area contributed by atoms with Gasteiger partial charge in [0, 0.05) is 31.0 Å². The molecule has 1 aliphatic carbocycles. The van der Waals surface area contributed by atoms with Crippen LogP contribution >= 0.6 is 0 Å². The fraction of sp³-hybridized carbons (Fsp3) is 0.379. The van der Waals surface area contributed by atoms with Gasteiger partial charge in [0.15, 0.2) is 17.5 Å². The standard InChI is InChI=1S/C29H32FN9O3/c1-16-10-23(38-37-16)34-22-11-20-12-25(40)36-27(20)26(35-22)18-6-8-29(42-3,9-7-18)28(41)33-17(2)19-4-5-24(31-13-19)39-15-21(30)14-32-39/h4-5,10-11,13-15,17-18H,6-9,12H2,1-3H3,(H,33,41)(H,36,40)(H2,34,35,37,38)/t17-,18-,29+/m0/s1. The monoisotopic (exact) mass is 573 g/mol. The number of ether oxygens (including phenoxy) is 1. The van der Waals surface area contributed by atoms with Crippen molar-refractivity contribution in [3.05, 3.63) is 71.2 Å². The number of rotatable bonds is 8. The SMILES string of the molecule is CO[C@]1(C(=O)N[C@@H](C)c2ccc(-n3cc(F)cn3)nc2)CC[C@H](c2nc(Nc3cc(C)[nH]n3)cc3c2NC(=O)C3)CC1. The lowest BCUT2D eigenvalue weighted by Crippen LogP contribution is -2.50. The Bertz CT molecular complexity index is 1620. The number of aromatic amines is 1. The summed E-state index contributed by atoms with van der Waals surface area (Å²) < 4.78 is 20.5. The summed E-state index contributed by atoms with van der Waals surface area (Å²) in [7, 11) is 1.57. The smallest absolute Gasteiger partial charge is 0.252 e. The topological polar surface area (TPSA) is 152 Å². The Hall–Kier alpha value is -4.65. The van der Waals surface area contributed by atoms with E-state index in [2.05, 4.69) is 36.2 Å². The zero-order chi connectivity index (χ0) is 29.4. The number of aromatic nitrogens is 6. The highest BCUT2D eigenvalue weighted by Gasteiger charge is 2.44. The van der Waals surface area contributed by atoms with Gasteiger partial charge in [-0.05, 0) is 62.8 Å². The third kappa shape index (κ3) is 5.34. The summed E-state index contributed by atoms with van der Waals surface area (Å²) in [4.78, 5) is 35.1. The predicted octanol–water partition coefficient (Wildman–Crippen LogP) is 3.99. The Labute approximate surface area is 241 Å². The Morgan fingerprint density at radius 3 is 2.67 bits per heavy atom. The van der Waals surface area contributed by atoms with Crippen LogP contribution in [0.3, 0.4) is 0 Å². The highest BCUT2D eigenvalue weighted by Crippen LogP contribution is 2.44. The van der Waals surface area contributed by atoms with Gasteiger partial charge >= 0.3 is 0 Å². The van der Waals surface area contributed by atoms with Crippen molar-refractivity contribution in [2.24, 2.45) is 0 Å². The molecule has 13 heteroatoms. The largest absolute Gasteiger partial charge is 0.368 e. The number of hydrogen-bond acceptors (Lipinski definition) is 8. The number of methoxy groups -OCH3 is 1. The molecule has 1 aliphatic heterocycles. The number of fused-ring (bicyclic) bond motifs is 1. The number of anilines is 3. The summed E-state index contributed by atoms with van der Waals surface area (Å²) in [6, 6.07) is 6.99. The van der Waals surface area contributed by atoms with Crippen molar-refractivity contribution >= 4 is 29.1 Å². The third-order valence-corrected chi connectivity index (χ3v) is 8.10. The average molecular weight is 574 g/mol. The Morgan fingerprint density at radius 2 is 2.02 bits per heavy atom. The molecule has 1 saturated carbocycles. The van der Waals surface area contributed by atoms with Crippen molar-refractivity contribution in [3.8, 4) is 5.82 Å². The maximum absolute atomic E-state index is 13.6. The first-order valence-corrected chi connectivity index (χ1v) is 13.9. The van der Waals surface area contributed by atoms with Gasteiger partial charge in [0.05, 0.1) is 36.2 Å². The lowest BCUT2D eigenvalue weighted by molar-refractivity contribution is -0.148. The van der Waals surface area contributed by atoms with Crippen LogP contribution in [0.1, 0.15) is 67.1 Å². The van der Waals surface area contributed by atoms with Crippen LogP contribution in [-0.2, 0) is 20.7 Å². The van der Waals surface area contributed by atoms with Gasteiger partial charge in [0.2, 0.25) is 5.91 Å². The van der Waals surface area contributed by atoms with Crippen molar-refractivity contribution in [2.75, 3.05) is 17.7 Å². The summed E-state index contributed by atoms with van der Waals surface area (Å²) in [6.45, 7) is 3.80. The van der Waals surface area contributed by atoms with Gasteiger partial charge in [-0.3, -0.25) is 14.7 Å². The van der Waals surface area contributed by atoms with E-state index in [1.54, 1.807) is 19.4 Å². The number of hydrogen-bond donors (Lipinski definition) is 4. The molecule has 0 unspecified atom stereocenters. The van der Waals surface area contributed by atoms with E-state index in [0.717, 1.165) is 34.4 Å². The van der Waals surface area contributed by atoms with Gasteiger partial charge in [-0.15, -0.1) is 0 Å². The number of pyridine rings is 2. The minimum Gasteiger partial charge on any atom is -0.368 e. The number of nitrogens with zero attached hydrogens (tertiary/aromatic N) is 5. The number of halogens is 1. The molecule has 0 spiro atoms. The summed E-state index contributed by atoms with van der Waals surface area (Å²) in [5.41, 5.74) is 3.21. The second-order valence-electron chi connectivity index (χ2n) is 10.9. The van der Waals surface area contributed by atoms with E-state index < -0.39 is 11.4 Å². The first-order chi connectivity index (χ1) is 20.2. The lowest BCUT2D eigenvalue weighted by Gasteiger charge is -2.38. The van der Waals surface area contributed by atoms with Crippen LogP contribution in [0.15, 0.2) is 42.9 Å². The second-order valence-corrected chi connectivity index (χ2v) is 10.9. The molecule has 0 bridgehead atoms. The molecule has 42 heavy (non-hydrogen) atoms. The average Bonchev–Trinajstić information content (AvgIpc) is 3.71. The molecule has 0 radical (unpaired) electrons. The van der Waals surface area contributed by atoms with Gasteiger partial charge in [0.1, 0.15) is 11.4 Å². The number of aryl methyl sites for hydroxylation is 1. The number of amides is 2. The zero-order valence-electron chi connectivity index (χ0n) is 23.6. The van der Waals surface area contributed by atoms with Crippen LogP contribution in [-0.4, -0.2) is 54.5 Å². The molecule has 4 N–H and O–H groups in total. The highest BCUT2D eigenvalue weighted by molar-refractivity contribution is 6.00. The van der Waals surface area contributed by atoms with Crippen LogP contribution in [0.2, 0.25) is 0 Å². The molecule has 6 rings (SSSR count). The fourth-order valence-corrected chi connectivity index (χ4v) is 5.74.